The number of nitrogen functional groups attached to an aromatic ring is 1. The molecule has 4 N–H and O–H groups in total. The van der Waals surface area contributed by atoms with Gasteiger partial charge in [0.05, 0.1) is 42.5 Å². The van der Waals surface area contributed by atoms with Crippen molar-refractivity contribution < 1.29 is 18.7 Å². The topological polar surface area (TPSA) is 130 Å². The van der Waals surface area contributed by atoms with E-state index in [0.717, 1.165) is 18.4 Å². The van der Waals surface area contributed by atoms with Crippen molar-refractivity contribution in [2.75, 3.05) is 36.9 Å². The van der Waals surface area contributed by atoms with Gasteiger partial charge in [0.15, 0.2) is 5.79 Å². The molecule has 5 heterocycles. The third-order valence-electron chi connectivity index (χ3n) is 5.22. The van der Waals surface area contributed by atoms with Gasteiger partial charge in [-0.2, -0.15) is 0 Å². The Kier molecular flexibility index (Phi) is 4.00. The number of fused-ring (bicyclic) bond motifs is 1. The van der Waals surface area contributed by atoms with Crippen LogP contribution in [0.15, 0.2) is 23.0 Å². The summed E-state index contributed by atoms with van der Waals surface area (Å²) in [5, 5.41) is 0.625. The Hall–Kier alpha value is -2.69. The third kappa shape index (κ3) is 2.72. The number of rotatable bonds is 3. The molecule has 2 aliphatic heterocycles. The molecule has 2 aliphatic rings. The molecule has 0 unspecified atom stereocenters. The number of carbonyl (C=O) groups is 1. The third-order valence-corrected chi connectivity index (χ3v) is 6.33. The number of ether oxygens (including phenoxy) is 2. The van der Waals surface area contributed by atoms with Gasteiger partial charge in [0, 0.05) is 31.5 Å². The van der Waals surface area contributed by atoms with E-state index in [9.17, 15) is 4.79 Å². The summed E-state index contributed by atoms with van der Waals surface area (Å²) in [6.45, 7) is 2.69. The number of anilines is 2. The number of piperidine rings is 1. The molecular formula is C18H19N5O4S. The number of nitrogens with zero attached hydrogens (tertiary/aromatic N) is 3. The highest BCUT2D eigenvalue weighted by Gasteiger charge is 2.40. The van der Waals surface area contributed by atoms with Gasteiger partial charge in [-0.05, 0) is 6.07 Å². The molecule has 0 aromatic carbocycles. The summed E-state index contributed by atoms with van der Waals surface area (Å²) in [7, 11) is 0. The number of carbonyl (C=O) groups excluding carboxylic acids is 1. The van der Waals surface area contributed by atoms with Crippen LogP contribution in [0.4, 0.5) is 11.6 Å². The number of hydrogen-bond donors (Lipinski definition) is 2. The fourth-order valence-corrected chi connectivity index (χ4v) is 4.72. The quantitative estimate of drug-likeness (QED) is 0.681. The van der Waals surface area contributed by atoms with Gasteiger partial charge < -0.3 is 30.3 Å². The zero-order valence-corrected chi connectivity index (χ0v) is 15.8. The van der Waals surface area contributed by atoms with E-state index < -0.39 is 11.7 Å². The molecule has 3 aromatic rings. The second-order valence-electron chi connectivity index (χ2n) is 6.87. The van der Waals surface area contributed by atoms with Gasteiger partial charge in [0.25, 0.3) is 5.91 Å². The van der Waals surface area contributed by atoms with Crippen molar-refractivity contribution in [3.05, 3.63) is 23.5 Å². The van der Waals surface area contributed by atoms with E-state index in [1.165, 1.54) is 11.3 Å². The Morgan fingerprint density at radius 1 is 1.21 bits per heavy atom. The van der Waals surface area contributed by atoms with Crippen LogP contribution in [0.3, 0.4) is 0 Å². The van der Waals surface area contributed by atoms with Crippen LogP contribution in [0, 0.1) is 0 Å². The Morgan fingerprint density at radius 3 is 2.61 bits per heavy atom. The molecule has 1 amide bonds. The maximum Gasteiger partial charge on any atom is 0.260 e. The van der Waals surface area contributed by atoms with Crippen molar-refractivity contribution >= 4 is 39.1 Å². The average molecular weight is 401 g/mol. The predicted molar refractivity (Wildman–Crippen MR) is 104 cm³/mol. The van der Waals surface area contributed by atoms with Crippen LogP contribution in [-0.2, 0) is 9.47 Å². The highest BCUT2D eigenvalue weighted by atomic mass is 32.1. The molecule has 0 aliphatic carbocycles. The van der Waals surface area contributed by atoms with Gasteiger partial charge in [-0.15, -0.1) is 11.3 Å². The number of aromatic nitrogens is 2. The maximum absolute atomic E-state index is 11.8. The van der Waals surface area contributed by atoms with Crippen LogP contribution in [0.2, 0.25) is 0 Å². The molecule has 2 fully saturated rings. The minimum atomic E-state index is -0.573. The largest absolute Gasteiger partial charge is 0.472 e. The Balaban J connectivity index is 1.58. The number of thiophene rings is 1. The SMILES string of the molecule is NC(=O)c1sc2nc(N3CCC4(CC3)OCCO4)nc(-c3ccoc3)c2c1N. The summed E-state index contributed by atoms with van der Waals surface area (Å²) in [5.74, 6) is -0.468. The van der Waals surface area contributed by atoms with E-state index in [2.05, 4.69) is 9.88 Å². The molecule has 146 valence electrons. The normalized spacial score (nSPS) is 18.9. The van der Waals surface area contributed by atoms with Crippen molar-refractivity contribution in [2.24, 2.45) is 5.73 Å². The first-order valence-corrected chi connectivity index (χ1v) is 9.83. The predicted octanol–water partition coefficient (Wildman–Crippen LogP) is 1.98. The summed E-state index contributed by atoms with van der Waals surface area (Å²) in [6.07, 6.45) is 4.65. The van der Waals surface area contributed by atoms with Gasteiger partial charge in [0.2, 0.25) is 5.95 Å². The van der Waals surface area contributed by atoms with Crippen molar-refractivity contribution in [1.29, 1.82) is 0 Å². The maximum atomic E-state index is 11.8. The van der Waals surface area contributed by atoms with Gasteiger partial charge in [0.1, 0.15) is 9.71 Å². The standard InChI is InChI=1S/C18H19N5O4S/c19-12-11-13(10-1-6-25-9-10)21-17(22-16(11)28-14(12)15(20)24)23-4-2-18(3-5-23)26-7-8-27-18/h1,6,9H,2-5,7-8,19H2,(H2,20,24). The first kappa shape index (κ1) is 17.4. The fourth-order valence-electron chi connectivity index (χ4n) is 3.78. The minimum absolute atomic E-state index is 0.288. The van der Waals surface area contributed by atoms with Crippen LogP contribution in [0.25, 0.3) is 21.5 Å². The Morgan fingerprint density at radius 2 is 1.96 bits per heavy atom. The van der Waals surface area contributed by atoms with Gasteiger partial charge in [-0.3, -0.25) is 4.79 Å². The van der Waals surface area contributed by atoms with Crippen LogP contribution in [0.5, 0.6) is 0 Å². The summed E-state index contributed by atoms with van der Waals surface area (Å²) in [5.41, 5.74) is 13.4. The molecule has 0 saturated carbocycles. The number of hydrogen-bond acceptors (Lipinski definition) is 9. The van der Waals surface area contributed by atoms with E-state index >= 15 is 0 Å². The van der Waals surface area contributed by atoms with Gasteiger partial charge in [-0.25, -0.2) is 9.97 Å². The molecule has 1 spiro atoms. The molecule has 28 heavy (non-hydrogen) atoms. The summed E-state index contributed by atoms with van der Waals surface area (Å²) >= 11 is 1.18. The van der Waals surface area contributed by atoms with E-state index in [1.54, 1.807) is 18.6 Å². The Labute approximate surface area is 164 Å². The number of amides is 1. The lowest BCUT2D eigenvalue weighted by Crippen LogP contribution is -2.45. The van der Waals surface area contributed by atoms with Gasteiger partial charge in [-0.1, -0.05) is 0 Å². The minimum Gasteiger partial charge on any atom is -0.472 e. The lowest BCUT2D eigenvalue weighted by Gasteiger charge is -2.37. The first-order chi connectivity index (χ1) is 13.6. The van der Waals surface area contributed by atoms with E-state index in [0.29, 0.717) is 53.8 Å². The molecule has 0 radical (unpaired) electrons. The van der Waals surface area contributed by atoms with Crippen LogP contribution in [0.1, 0.15) is 22.5 Å². The van der Waals surface area contributed by atoms with Crippen LogP contribution < -0.4 is 16.4 Å². The van der Waals surface area contributed by atoms with Crippen molar-refractivity contribution in [1.82, 2.24) is 9.97 Å². The number of furan rings is 1. The summed E-state index contributed by atoms with van der Waals surface area (Å²) in [4.78, 5) is 24.2. The Bertz CT molecular complexity index is 1030. The smallest absolute Gasteiger partial charge is 0.260 e. The molecule has 2 saturated heterocycles. The fraction of sp³-hybridized carbons (Fsp3) is 0.389. The van der Waals surface area contributed by atoms with E-state index in [-0.39, 0.29) is 4.88 Å². The molecule has 9 nitrogen and oxygen atoms in total. The highest BCUT2D eigenvalue weighted by molar-refractivity contribution is 7.21. The highest BCUT2D eigenvalue weighted by Crippen LogP contribution is 2.40. The molecule has 0 atom stereocenters. The lowest BCUT2D eigenvalue weighted by molar-refractivity contribution is -0.169. The van der Waals surface area contributed by atoms with E-state index in [4.69, 9.17) is 30.3 Å². The summed E-state index contributed by atoms with van der Waals surface area (Å²) in [6, 6.07) is 1.80. The van der Waals surface area contributed by atoms with Crippen molar-refractivity contribution in [2.45, 2.75) is 18.6 Å². The lowest BCUT2D eigenvalue weighted by atomic mass is 10.0. The van der Waals surface area contributed by atoms with Crippen LogP contribution >= 0.6 is 11.3 Å². The molecular weight excluding hydrogens is 382 g/mol. The molecule has 3 aromatic heterocycles. The molecule has 0 bridgehead atoms. The second-order valence-corrected chi connectivity index (χ2v) is 7.87. The van der Waals surface area contributed by atoms with Gasteiger partial charge >= 0.3 is 0 Å². The van der Waals surface area contributed by atoms with Crippen LogP contribution in [-0.4, -0.2) is 48.0 Å². The zero-order valence-electron chi connectivity index (χ0n) is 15.0. The van der Waals surface area contributed by atoms with Crippen molar-refractivity contribution in [3.63, 3.8) is 0 Å². The average Bonchev–Trinajstić information content (AvgIpc) is 3.43. The zero-order chi connectivity index (χ0) is 19.3. The monoisotopic (exact) mass is 401 g/mol. The van der Waals surface area contributed by atoms with Crippen molar-refractivity contribution in [3.8, 4) is 11.3 Å². The number of nitrogens with two attached hydrogens (primary N) is 2. The van der Waals surface area contributed by atoms with E-state index in [1.807, 2.05) is 0 Å². The first-order valence-electron chi connectivity index (χ1n) is 9.02. The molecule has 10 heteroatoms. The summed E-state index contributed by atoms with van der Waals surface area (Å²) < 4.78 is 16.8. The molecule has 5 rings (SSSR count). The number of primary amides is 1. The second kappa shape index (κ2) is 6.43.